The minimum Gasteiger partial charge on any atom is -0.456 e. The van der Waals surface area contributed by atoms with Crippen LogP contribution in [0.4, 0.5) is 0 Å². The maximum atomic E-state index is 6.28. The SMILES string of the molecule is c1ccc(-c2c3ccccc3c(-c3cccc4oc5ccccc5c34)c3ccccc23)cc1.c1ccc(-c2ccc(-c3c4ccccc4c(-c4cccc5oc6ccccc6c45)c4ccccc34)cc2)cc1.c1ccc2c(-c3c4ccccc4c(-c4cccc5oc6ccccc6c45)c4ccccc34)cccc2c1.c1ccc2cc(-c3c4ccccc4c(-c4cccc5oc6ccccc6c45)c4ccccc34)ccc2c1. The third-order valence-electron chi connectivity index (χ3n) is 29.9. The second-order valence-corrected chi connectivity index (χ2v) is 37.9. The average Bonchev–Trinajstić information content (AvgIpc) is 1.41. The Bertz CT molecular complexity index is 10400. The van der Waals surface area contributed by atoms with Gasteiger partial charge in [0.2, 0.25) is 0 Å². The number of fused-ring (bicyclic) bond motifs is 22. The van der Waals surface area contributed by atoms with E-state index in [0.717, 1.165) is 66.2 Å². The van der Waals surface area contributed by atoms with E-state index in [9.17, 15) is 0 Å². The van der Waals surface area contributed by atoms with E-state index in [0.29, 0.717) is 0 Å². The number of para-hydroxylation sites is 4. The van der Waals surface area contributed by atoms with Gasteiger partial charge < -0.3 is 17.7 Å². The van der Waals surface area contributed by atoms with E-state index < -0.39 is 0 Å². The van der Waals surface area contributed by atoms with Crippen molar-refractivity contribution in [1.82, 2.24) is 0 Å². The summed E-state index contributed by atoms with van der Waals surface area (Å²) in [6.07, 6.45) is 0. The highest BCUT2D eigenvalue weighted by molar-refractivity contribution is 6.32. The van der Waals surface area contributed by atoms with Gasteiger partial charge in [0, 0.05) is 43.1 Å². The van der Waals surface area contributed by atoms with Gasteiger partial charge in [-0.15, -0.1) is 0 Å². The van der Waals surface area contributed by atoms with Gasteiger partial charge in [0.1, 0.15) is 44.7 Å². The second kappa shape index (κ2) is 35.5. The normalized spacial score (nSPS) is 11.7. The summed E-state index contributed by atoms with van der Waals surface area (Å²) >= 11 is 0. The first-order valence-electron chi connectivity index (χ1n) is 50.1. The van der Waals surface area contributed by atoms with Crippen molar-refractivity contribution in [3.05, 3.63) is 534 Å². The standard InChI is InChI=1S/C38H24O.2C36H22O.C32H20O/c1-2-11-25(12-3-1)26-21-23-27(24-22-26)36-28-13-4-6-15-30(28)37(31-16-7-5-14-29(31)36)33-18-10-20-35-38(33)32-17-8-9-19-34(32)39-35;1-2-13-24-23(11-1)12-9-19-25(24)34-26-14-3-5-16-28(26)35(29-17-6-4-15-27(29)34)31-20-10-22-33-36(31)30-18-7-8-21-32(30)37-33;1-2-11-24-22-25(21-20-23(24)10-1)34-26-12-3-5-14-28(26)35(29-15-6-4-13-27(29)34)31-17-9-19-33-36(31)30-16-7-8-18-32(30)37-33;1-2-11-21(12-3-1)30-22-13-4-6-15-24(22)31(25-16-7-5-14-23(25)30)27-18-10-20-29-32(27)26-17-8-9-19-28(26)33-29/h1-24H;2*1-22H;1-20H. The highest BCUT2D eigenvalue weighted by Crippen LogP contribution is 2.54. The van der Waals surface area contributed by atoms with Crippen molar-refractivity contribution in [3.63, 3.8) is 0 Å². The Morgan fingerprint density at radius 1 is 0.0959 bits per heavy atom. The van der Waals surface area contributed by atoms with Gasteiger partial charge in [-0.25, -0.2) is 0 Å². The zero-order valence-corrected chi connectivity index (χ0v) is 79.4. The van der Waals surface area contributed by atoms with Crippen LogP contribution in [0, 0.1) is 0 Å². The largest absolute Gasteiger partial charge is 0.456 e. The molecule has 0 saturated heterocycles. The van der Waals surface area contributed by atoms with Crippen molar-refractivity contribution >= 4 is 195 Å². The van der Waals surface area contributed by atoms with Crippen LogP contribution in [-0.4, -0.2) is 0 Å². The van der Waals surface area contributed by atoms with Crippen LogP contribution < -0.4 is 0 Å². The highest BCUT2D eigenvalue weighted by Gasteiger charge is 2.28. The number of rotatable bonds is 9. The van der Waals surface area contributed by atoms with Crippen molar-refractivity contribution in [1.29, 1.82) is 0 Å². The average molecular weight is 1860 g/mol. The minimum absolute atomic E-state index is 0.919. The van der Waals surface area contributed by atoms with Gasteiger partial charge in [0.25, 0.3) is 0 Å². The molecule has 0 aliphatic carbocycles. The number of furan rings is 4. The predicted molar refractivity (Wildman–Crippen MR) is 619 cm³/mol. The number of benzene rings is 27. The predicted octanol–water partition coefficient (Wildman–Crippen LogP) is 40.9. The molecule has 27 aromatic carbocycles. The lowest BCUT2D eigenvalue weighted by Gasteiger charge is -2.19. The maximum Gasteiger partial charge on any atom is 0.136 e. The van der Waals surface area contributed by atoms with Gasteiger partial charge in [-0.1, -0.05) is 479 Å². The van der Waals surface area contributed by atoms with Crippen LogP contribution in [0.15, 0.2) is 552 Å². The molecule has 0 radical (unpaired) electrons. The van der Waals surface area contributed by atoms with Crippen LogP contribution in [0.25, 0.3) is 296 Å². The van der Waals surface area contributed by atoms with Crippen LogP contribution in [0.2, 0.25) is 0 Å². The quantitative estimate of drug-likeness (QED) is 0.135. The zero-order valence-electron chi connectivity index (χ0n) is 79.4. The monoisotopic (exact) mass is 1860 g/mol. The Labute approximate surface area is 841 Å². The van der Waals surface area contributed by atoms with E-state index in [1.54, 1.807) is 0 Å². The van der Waals surface area contributed by atoms with Crippen molar-refractivity contribution in [2.75, 3.05) is 0 Å². The molecule has 0 bridgehead atoms. The Kier molecular flexibility index (Phi) is 20.6. The minimum atomic E-state index is 0.919. The van der Waals surface area contributed by atoms with E-state index in [1.165, 1.54) is 229 Å². The Morgan fingerprint density at radius 2 is 0.288 bits per heavy atom. The summed E-state index contributed by atoms with van der Waals surface area (Å²) < 4.78 is 25.1. The molecular formula is C142H88O4. The first-order chi connectivity index (χ1) is 72.5. The molecule has 4 heterocycles. The third kappa shape index (κ3) is 14.1. The number of hydrogen-bond acceptors (Lipinski definition) is 4. The summed E-state index contributed by atoms with van der Waals surface area (Å²) in [4.78, 5) is 0. The van der Waals surface area contributed by atoms with Gasteiger partial charge >= 0.3 is 0 Å². The molecule has 0 N–H and O–H groups in total. The van der Waals surface area contributed by atoms with Gasteiger partial charge in [0.15, 0.2) is 0 Å². The van der Waals surface area contributed by atoms with Gasteiger partial charge in [0.05, 0.1) is 0 Å². The Hall–Kier alpha value is -19.3. The molecular weight excluding hydrogens is 1770 g/mol. The Morgan fingerprint density at radius 3 is 0.610 bits per heavy atom. The number of hydrogen-bond donors (Lipinski definition) is 0. The molecule has 4 aromatic heterocycles. The molecule has 0 aliphatic rings. The summed E-state index contributed by atoms with van der Waals surface area (Å²) in [5, 5.41) is 34.4. The molecule has 4 heteroatoms. The molecule has 146 heavy (non-hydrogen) atoms. The van der Waals surface area contributed by atoms with Crippen molar-refractivity contribution in [2.45, 2.75) is 0 Å². The fraction of sp³-hybridized carbons (Fsp3) is 0. The van der Waals surface area contributed by atoms with Crippen LogP contribution in [0.3, 0.4) is 0 Å². The molecule has 0 atom stereocenters. The first kappa shape index (κ1) is 84.8. The van der Waals surface area contributed by atoms with Gasteiger partial charge in [-0.2, -0.15) is 0 Å². The summed E-state index contributed by atoms with van der Waals surface area (Å²) in [6, 6.07) is 191. The van der Waals surface area contributed by atoms with E-state index in [-0.39, 0.29) is 0 Å². The molecule has 680 valence electrons. The van der Waals surface area contributed by atoms with E-state index in [2.05, 4.69) is 504 Å². The molecule has 0 unspecified atom stereocenters. The van der Waals surface area contributed by atoms with Crippen LogP contribution >= 0.6 is 0 Å². The van der Waals surface area contributed by atoms with E-state index in [1.807, 2.05) is 30.3 Å². The van der Waals surface area contributed by atoms with Crippen LogP contribution in [0.5, 0.6) is 0 Å². The van der Waals surface area contributed by atoms with Crippen LogP contribution in [-0.2, 0) is 0 Å². The molecule has 0 fully saturated rings. The zero-order chi connectivity index (χ0) is 96.2. The summed E-state index contributed by atoms with van der Waals surface area (Å²) in [6.45, 7) is 0. The molecule has 0 amide bonds. The molecule has 0 spiro atoms. The molecule has 4 nitrogen and oxygen atoms in total. The van der Waals surface area contributed by atoms with Gasteiger partial charge in [-0.3, -0.25) is 0 Å². The van der Waals surface area contributed by atoms with E-state index >= 15 is 0 Å². The maximum absolute atomic E-state index is 6.28. The lowest BCUT2D eigenvalue weighted by atomic mass is 9.84. The molecule has 0 saturated carbocycles. The highest BCUT2D eigenvalue weighted by atomic mass is 16.3. The van der Waals surface area contributed by atoms with Crippen molar-refractivity contribution < 1.29 is 17.7 Å². The fourth-order valence-corrected chi connectivity index (χ4v) is 23.7. The van der Waals surface area contributed by atoms with Crippen LogP contribution in [0.1, 0.15) is 0 Å². The first-order valence-corrected chi connectivity index (χ1v) is 50.1. The Balaban J connectivity index is 0.0000000944. The van der Waals surface area contributed by atoms with Crippen molar-refractivity contribution in [2.24, 2.45) is 0 Å². The summed E-state index contributed by atoms with van der Waals surface area (Å²) in [5.74, 6) is 0. The summed E-state index contributed by atoms with van der Waals surface area (Å²) in [7, 11) is 0. The fourth-order valence-electron chi connectivity index (χ4n) is 23.7. The van der Waals surface area contributed by atoms with Gasteiger partial charge in [-0.05, 0) is 262 Å². The lowest BCUT2D eigenvalue weighted by molar-refractivity contribution is 0.668. The smallest absolute Gasteiger partial charge is 0.136 e. The lowest BCUT2D eigenvalue weighted by Crippen LogP contribution is -1.92. The topological polar surface area (TPSA) is 52.6 Å². The molecule has 0 aliphatic heterocycles. The third-order valence-corrected chi connectivity index (χ3v) is 29.9. The van der Waals surface area contributed by atoms with Crippen molar-refractivity contribution in [3.8, 4) is 100 Å². The molecule has 31 aromatic rings. The molecule has 31 rings (SSSR count). The second-order valence-electron chi connectivity index (χ2n) is 37.9. The van der Waals surface area contributed by atoms with E-state index in [4.69, 9.17) is 17.7 Å². The summed E-state index contributed by atoms with van der Waals surface area (Å²) in [5.41, 5.74) is 29.8.